The summed E-state index contributed by atoms with van der Waals surface area (Å²) < 4.78 is 55.7. The highest BCUT2D eigenvalue weighted by Crippen LogP contribution is 2.34. The number of benzene rings is 5. The van der Waals surface area contributed by atoms with Gasteiger partial charge in [0.25, 0.3) is 0 Å². The van der Waals surface area contributed by atoms with Gasteiger partial charge >= 0.3 is 41.5 Å². The second-order valence-electron chi connectivity index (χ2n) is 20.0. The van der Waals surface area contributed by atoms with Crippen molar-refractivity contribution in [1.82, 2.24) is 0 Å². The molecule has 0 unspecified atom stereocenters. The summed E-state index contributed by atoms with van der Waals surface area (Å²) in [5, 5.41) is 12.0. The van der Waals surface area contributed by atoms with Gasteiger partial charge in [-0.2, -0.15) is 0 Å². The van der Waals surface area contributed by atoms with E-state index in [0.717, 1.165) is 121 Å². The number of nitrogen functional groups attached to an aromatic ring is 1. The lowest BCUT2D eigenvalue weighted by Crippen LogP contribution is -2.19. The average Bonchev–Trinajstić information content (AvgIpc) is 1.82. The highest BCUT2D eigenvalue weighted by atomic mass is 16.6. The maximum Gasteiger partial charge on any atom is 0.345 e. The summed E-state index contributed by atoms with van der Waals surface area (Å²) in [5.74, 6) is -2.64. The number of nitrogens with zero attached hydrogens (tertiary/aromatic N) is 1. The van der Waals surface area contributed by atoms with E-state index in [-0.39, 0.29) is 70.3 Å². The van der Waals surface area contributed by atoms with Crippen LogP contribution in [-0.2, 0) is 23.8 Å². The van der Waals surface area contributed by atoms with Gasteiger partial charge in [-0.15, -0.1) is 0 Å². The van der Waals surface area contributed by atoms with Gasteiger partial charge in [-0.25, -0.2) is 28.8 Å². The van der Waals surface area contributed by atoms with Gasteiger partial charge in [0.2, 0.25) is 0 Å². The van der Waals surface area contributed by atoms with Crippen molar-refractivity contribution in [3.05, 3.63) is 161 Å². The minimum atomic E-state index is -0.973. The van der Waals surface area contributed by atoms with Crippen molar-refractivity contribution >= 4 is 47.2 Å². The summed E-state index contributed by atoms with van der Waals surface area (Å²) in [4.78, 5) is 87.9. The third-order valence-corrected chi connectivity index (χ3v) is 13.2. The van der Waals surface area contributed by atoms with Crippen molar-refractivity contribution < 1.29 is 81.1 Å². The fourth-order valence-electron chi connectivity index (χ4n) is 8.49. The minimum Gasteiger partial charge on any atom is -0.494 e. The van der Waals surface area contributed by atoms with E-state index < -0.39 is 46.4 Å². The third kappa shape index (κ3) is 24.6. The van der Waals surface area contributed by atoms with Gasteiger partial charge < -0.3 is 53.1 Å². The molecule has 0 aromatic heterocycles. The molecule has 20 heteroatoms. The zero-order valence-corrected chi connectivity index (χ0v) is 49.1. The molecule has 0 aliphatic heterocycles. The first-order chi connectivity index (χ1) is 41.7. The standard InChI is InChI=1S/C66H78N2O18/c1-5-8-9-18-23-47(4)83-60-46-58(67)57(45-59(60)68(75)76)66(74)86-54-35-29-51(30-36-54)79-42-43-82-64(72)56-44-48(63(71)84-52-31-25-49(26-32-52)77-38-19-14-10-12-16-21-40-80-61(69)6-2)24-37-55(56)65(73)85-53-33-27-50(28-34-53)78-39-20-15-11-13-17-22-41-81-62(70)7-3/h6-7,24-37,44-47H,2-3,5,8-23,38-43,67H2,1,4H3/t47-/m0/s1. The number of anilines is 1. The van der Waals surface area contributed by atoms with Crippen LogP contribution in [0.25, 0.3) is 0 Å². The monoisotopic (exact) mass is 1190 g/mol. The fraction of sp³-hybridized carbons (Fsp3) is 0.394. The van der Waals surface area contributed by atoms with E-state index in [2.05, 4.69) is 20.1 Å². The van der Waals surface area contributed by atoms with E-state index in [0.29, 0.717) is 50.1 Å². The molecule has 5 aromatic rings. The second kappa shape index (κ2) is 37.9. The molecule has 0 bridgehead atoms. The molecule has 1 atom stereocenters. The Bertz CT molecular complexity index is 3000. The molecule has 0 radical (unpaired) electrons. The summed E-state index contributed by atoms with van der Waals surface area (Å²) >= 11 is 0. The third-order valence-electron chi connectivity index (χ3n) is 13.2. The van der Waals surface area contributed by atoms with Gasteiger partial charge in [-0.05, 0) is 136 Å². The van der Waals surface area contributed by atoms with E-state index in [1.807, 2.05) is 6.92 Å². The zero-order chi connectivity index (χ0) is 61.9. The van der Waals surface area contributed by atoms with Crippen molar-refractivity contribution in [2.45, 2.75) is 129 Å². The number of carbonyl (C=O) groups is 6. The molecule has 0 fully saturated rings. The van der Waals surface area contributed by atoms with Crippen LogP contribution < -0.4 is 38.9 Å². The highest BCUT2D eigenvalue weighted by Gasteiger charge is 2.26. The molecule has 5 aromatic carbocycles. The minimum absolute atomic E-state index is 0.0462. The highest BCUT2D eigenvalue weighted by molar-refractivity contribution is 6.06. The van der Waals surface area contributed by atoms with Gasteiger partial charge in [-0.3, -0.25) is 10.1 Å². The van der Waals surface area contributed by atoms with E-state index in [9.17, 15) is 38.9 Å². The van der Waals surface area contributed by atoms with E-state index >= 15 is 0 Å². The van der Waals surface area contributed by atoms with E-state index in [1.165, 1.54) is 48.5 Å². The number of carbonyl (C=O) groups excluding carboxylic acids is 6. The molecule has 20 nitrogen and oxygen atoms in total. The molecule has 0 spiro atoms. The number of ether oxygens (including phenoxy) is 10. The first-order valence-electron chi connectivity index (χ1n) is 29.2. The Morgan fingerprint density at radius 2 is 0.907 bits per heavy atom. The van der Waals surface area contributed by atoms with E-state index in [4.69, 9.17) is 53.1 Å². The number of nitrogens with two attached hydrogens (primary N) is 1. The SMILES string of the molecule is C=CC(=O)OCCCCCCCCOc1ccc(OC(=O)c2ccc(C(=O)Oc3ccc(OCCCCCCCCOC(=O)C=C)cc3)c(C(=O)OCCOc3ccc(OC(=O)c4cc([N+](=O)[O-])c(O[C@@H](C)CCCCCC)cc4N)cc3)c2)cc1. The Balaban J connectivity index is 1.16. The molecule has 0 saturated carbocycles. The Labute approximate surface area is 502 Å². The number of nitro benzene ring substituents is 1. The van der Waals surface area contributed by atoms with Crippen LogP contribution in [0.2, 0.25) is 0 Å². The van der Waals surface area contributed by atoms with Gasteiger partial charge in [0.1, 0.15) is 47.7 Å². The Kier molecular flexibility index (Phi) is 29.8. The summed E-state index contributed by atoms with van der Waals surface area (Å²) in [5.41, 5.74) is 4.90. The van der Waals surface area contributed by atoms with E-state index in [1.54, 1.807) is 48.5 Å². The number of esters is 6. The lowest BCUT2D eigenvalue weighted by molar-refractivity contribution is -0.386. The molecule has 0 amide bonds. The molecule has 0 aliphatic rings. The van der Waals surface area contributed by atoms with Crippen LogP contribution >= 0.6 is 0 Å². The van der Waals surface area contributed by atoms with Crippen molar-refractivity contribution in [3.63, 3.8) is 0 Å². The van der Waals surface area contributed by atoms with Gasteiger partial charge in [0.05, 0.1) is 65.4 Å². The number of unbranched alkanes of at least 4 members (excludes halogenated alkanes) is 13. The Morgan fingerprint density at radius 1 is 0.477 bits per heavy atom. The zero-order valence-electron chi connectivity index (χ0n) is 49.1. The van der Waals surface area contributed by atoms with Crippen LogP contribution in [0, 0.1) is 10.1 Å². The maximum atomic E-state index is 13.8. The molecule has 5 rings (SSSR count). The molecule has 86 heavy (non-hydrogen) atoms. The van der Waals surface area contributed by atoms with Crippen LogP contribution in [0.1, 0.15) is 164 Å². The normalized spacial score (nSPS) is 11.0. The molecule has 0 aliphatic carbocycles. The van der Waals surface area contributed by atoms with Crippen LogP contribution in [-0.4, -0.2) is 86.5 Å². The molecule has 0 heterocycles. The predicted octanol–water partition coefficient (Wildman–Crippen LogP) is 13.7. The van der Waals surface area contributed by atoms with Crippen molar-refractivity contribution in [1.29, 1.82) is 0 Å². The summed E-state index contributed by atoms with van der Waals surface area (Å²) in [6.07, 6.45) is 17.9. The van der Waals surface area contributed by atoms with Crippen molar-refractivity contribution in [2.75, 3.05) is 45.4 Å². The second-order valence-corrected chi connectivity index (χ2v) is 20.0. The summed E-state index contributed by atoms with van der Waals surface area (Å²) in [7, 11) is 0. The number of nitro groups is 1. The van der Waals surface area contributed by atoms with Gasteiger partial charge in [0.15, 0.2) is 5.75 Å². The maximum absolute atomic E-state index is 13.8. The quantitative estimate of drug-likeness (QED) is 0.00557. The number of hydrogen-bond acceptors (Lipinski definition) is 19. The topological polar surface area (TPSA) is 264 Å². The number of rotatable bonds is 41. The first kappa shape index (κ1) is 67.6. The largest absolute Gasteiger partial charge is 0.494 e. The Morgan fingerprint density at radius 3 is 1.38 bits per heavy atom. The lowest BCUT2D eigenvalue weighted by Gasteiger charge is -2.16. The van der Waals surface area contributed by atoms with Crippen molar-refractivity contribution in [3.8, 4) is 40.2 Å². The first-order valence-corrected chi connectivity index (χ1v) is 29.2. The van der Waals surface area contributed by atoms with Gasteiger partial charge in [0, 0.05) is 24.3 Å². The summed E-state index contributed by atoms with van der Waals surface area (Å²) in [6, 6.07) is 24.8. The van der Waals surface area contributed by atoms with Crippen molar-refractivity contribution in [2.24, 2.45) is 0 Å². The number of hydrogen-bond donors (Lipinski definition) is 1. The molecule has 460 valence electrons. The van der Waals surface area contributed by atoms with Crippen LogP contribution in [0.3, 0.4) is 0 Å². The average molecular weight is 1190 g/mol. The smallest absolute Gasteiger partial charge is 0.345 e. The predicted molar refractivity (Wildman–Crippen MR) is 321 cm³/mol. The molecular weight excluding hydrogens is 1110 g/mol. The molecule has 2 N–H and O–H groups in total. The fourth-order valence-corrected chi connectivity index (χ4v) is 8.49. The molecular formula is C66H78N2O18. The van der Waals surface area contributed by atoms with Crippen LogP contribution in [0.4, 0.5) is 11.4 Å². The molecule has 0 saturated heterocycles. The van der Waals surface area contributed by atoms with Crippen LogP contribution in [0.5, 0.6) is 40.2 Å². The summed E-state index contributed by atoms with van der Waals surface area (Å²) in [6.45, 7) is 11.9. The van der Waals surface area contributed by atoms with Crippen LogP contribution in [0.15, 0.2) is 128 Å². The Hall–Kier alpha value is -9.20. The van der Waals surface area contributed by atoms with Gasteiger partial charge in [-0.1, -0.05) is 90.7 Å². The lowest BCUT2D eigenvalue weighted by atomic mass is 10.0.